The topological polar surface area (TPSA) is 47.6 Å². The van der Waals surface area contributed by atoms with Crippen molar-refractivity contribution in [3.63, 3.8) is 0 Å². The Bertz CT molecular complexity index is 717. The fourth-order valence-corrected chi connectivity index (χ4v) is 2.25. The zero-order chi connectivity index (χ0) is 16.3. The van der Waals surface area contributed by atoms with Crippen LogP contribution >= 0.6 is 23.2 Å². The molecule has 0 spiro atoms. The normalized spacial score (nSPS) is 10.2. The van der Waals surface area contributed by atoms with Crippen LogP contribution in [0.15, 0.2) is 30.3 Å². The van der Waals surface area contributed by atoms with E-state index >= 15 is 0 Å². The van der Waals surface area contributed by atoms with Crippen LogP contribution in [0.1, 0.15) is 15.9 Å². The van der Waals surface area contributed by atoms with Gasteiger partial charge in [-0.2, -0.15) is 0 Å². The van der Waals surface area contributed by atoms with Crippen molar-refractivity contribution in [3.8, 4) is 11.5 Å². The number of rotatable bonds is 4. The lowest BCUT2D eigenvalue weighted by atomic mass is 10.1. The van der Waals surface area contributed by atoms with Crippen LogP contribution in [0, 0.1) is 6.92 Å². The average Bonchev–Trinajstić information content (AvgIpc) is 2.51. The third-order valence-electron chi connectivity index (χ3n) is 3.16. The lowest BCUT2D eigenvalue weighted by Crippen LogP contribution is -2.13. The summed E-state index contributed by atoms with van der Waals surface area (Å²) in [6.07, 6.45) is 0. The molecule has 0 aliphatic rings. The fraction of sp³-hybridized carbons (Fsp3) is 0.188. The average molecular weight is 340 g/mol. The monoisotopic (exact) mass is 339 g/mol. The van der Waals surface area contributed by atoms with E-state index in [9.17, 15) is 4.79 Å². The second kappa shape index (κ2) is 6.90. The molecule has 4 nitrogen and oxygen atoms in total. The largest absolute Gasteiger partial charge is 0.493 e. The Labute approximate surface area is 138 Å². The lowest BCUT2D eigenvalue weighted by Gasteiger charge is -2.13. The van der Waals surface area contributed by atoms with E-state index in [1.807, 2.05) is 6.92 Å². The van der Waals surface area contributed by atoms with Gasteiger partial charge in [0.05, 0.1) is 24.3 Å². The summed E-state index contributed by atoms with van der Waals surface area (Å²) >= 11 is 11.8. The Balaban J connectivity index is 2.29. The van der Waals surface area contributed by atoms with Gasteiger partial charge in [-0.05, 0) is 36.8 Å². The number of hydrogen-bond acceptors (Lipinski definition) is 3. The van der Waals surface area contributed by atoms with Crippen molar-refractivity contribution >= 4 is 34.8 Å². The summed E-state index contributed by atoms with van der Waals surface area (Å²) in [5.74, 6) is 0.860. The zero-order valence-electron chi connectivity index (χ0n) is 12.4. The zero-order valence-corrected chi connectivity index (χ0v) is 13.9. The van der Waals surface area contributed by atoms with Crippen LogP contribution in [-0.2, 0) is 0 Å². The van der Waals surface area contributed by atoms with Crippen molar-refractivity contribution in [1.29, 1.82) is 0 Å². The molecule has 0 bridgehead atoms. The molecular weight excluding hydrogens is 325 g/mol. The van der Waals surface area contributed by atoms with Gasteiger partial charge in [-0.15, -0.1) is 0 Å². The van der Waals surface area contributed by atoms with E-state index in [-0.39, 0.29) is 5.91 Å². The second-order valence-corrected chi connectivity index (χ2v) is 5.42. The van der Waals surface area contributed by atoms with Crippen molar-refractivity contribution in [2.75, 3.05) is 19.5 Å². The smallest absolute Gasteiger partial charge is 0.255 e. The minimum Gasteiger partial charge on any atom is -0.493 e. The predicted octanol–water partition coefficient (Wildman–Crippen LogP) is 4.57. The molecule has 0 atom stereocenters. The number of ether oxygens (including phenoxy) is 2. The molecule has 22 heavy (non-hydrogen) atoms. The first-order chi connectivity index (χ1) is 10.5. The Morgan fingerprint density at radius 3 is 2.23 bits per heavy atom. The highest BCUT2D eigenvalue weighted by Gasteiger charge is 2.13. The van der Waals surface area contributed by atoms with Crippen LogP contribution in [0.4, 0.5) is 5.69 Å². The standard InChI is InChI=1S/C16H15Cl2NO3/c1-9-6-14(21-2)15(22-3)8-13(9)19-16(20)10-4-5-11(17)12(18)7-10/h4-8H,1-3H3,(H,19,20). The maximum absolute atomic E-state index is 12.3. The van der Waals surface area contributed by atoms with Gasteiger partial charge in [0.15, 0.2) is 11.5 Å². The van der Waals surface area contributed by atoms with Gasteiger partial charge >= 0.3 is 0 Å². The lowest BCUT2D eigenvalue weighted by molar-refractivity contribution is 0.102. The predicted molar refractivity (Wildman–Crippen MR) is 88.7 cm³/mol. The molecule has 2 rings (SSSR count). The molecule has 1 N–H and O–H groups in total. The number of carbonyl (C=O) groups excluding carboxylic acids is 1. The molecule has 0 aromatic heterocycles. The number of carbonyl (C=O) groups is 1. The highest BCUT2D eigenvalue weighted by Crippen LogP contribution is 2.33. The summed E-state index contributed by atoms with van der Waals surface area (Å²) < 4.78 is 10.5. The fourth-order valence-electron chi connectivity index (χ4n) is 1.95. The van der Waals surface area contributed by atoms with E-state index in [0.717, 1.165) is 5.56 Å². The Kier molecular flexibility index (Phi) is 5.16. The second-order valence-electron chi connectivity index (χ2n) is 4.61. The first-order valence-corrected chi connectivity index (χ1v) is 7.21. The number of nitrogens with one attached hydrogen (secondary N) is 1. The van der Waals surface area contributed by atoms with Crippen LogP contribution in [0.3, 0.4) is 0 Å². The van der Waals surface area contributed by atoms with Gasteiger partial charge in [-0.3, -0.25) is 4.79 Å². The van der Waals surface area contributed by atoms with Crippen molar-refractivity contribution in [2.24, 2.45) is 0 Å². The molecule has 0 saturated heterocycles. The molecule has 0 fully saturated rings. The van der Waals surface area contributed by atoms with Gasteiger partial charge in [0.1, 0.15) is 0 Å². The number of aryl methyl sites for hydroxylation is 1. The molecule has 2 aromatic carbocycles. The summed E-state index contributed by atoms with van der Waals surface area (Å²) in [7, 11) is 3.10. The number of benzene rings is 2. The quantitative estimate of drug-likeness (QED) is 0.887. The van der Waals surface area contributed by atoms with E-state index in [0.29, 0.717) is 32.8 Å². The van der Waals surface area contributed by atoms with Gasteiger partial charge in [0.25, 0.3) is 5.91 Å². The number of methoxy groups -OCH3 is 2. The molecule has 0 heterocycles. The molecule has 0 saturated carbocycles. The maximum atomic E-state index is 12.3. The van der Waals surface area contributed by atoms with Gasteiger partial charge in [0, 0.05) is 17.3 Å². The number of anilines is 1. The van der Waals surface area contributed by atoms with Gasteiger partial charge < -0.3 is 14.8 Å². The summed E-state index contributed by atoms with van der Waals surface area (Å²) in [6, 6.07) is 8.22. The van der Waals surface area contributed by atoms with Gasteiger partial charge in [-0.25, -0.2) is 0 Å². The molecule has 0 aliphatic heterocycles. The molecule has 0 aliphatic carbocycles. The Morgan fingerprint density at radius 2 is 1.64 bits per heavy atom. The molecule has 0 radical (unpaired) electrons. The van der Waals surface area contributed by atoms with E-state index in [4.69, 9.17) is 32.7 Å². The Morgan fingerprint density at radius 1 is 1.00 bits per heavy atom. The highest BCUT2D eigenvalue weighted by atomic mass is 35.5. The van der Waals surface area contributed by atoms with E-state index in [1.165, 1.54) is 13.2 Å². The van der Waals surface area contributed by atoms with Crippen LogP contribution in [-0.4, -0.2) is 20.1 Å². The van der Waals surface area contributed by atoms with Gasteiger partial charge in [-0.1, -0.05) is 23.2 Å². The molecular formula is C16H15Cl2NO3. The summed E-state index contributed by atoms with van der Waals surface area (Å²) in [5.41, 5.74) is 1.91. The minimum atomic E-state index is -0.283. The van der Waals surface area contributed by atoms with Crippen LogP contribution in [0.2, 0.25) is 10.0 Å². The number of hydrogen-bond donors (Lipinski definition) is 1. The first kappa shape index (κ1) is 16.5. The van der Waals surface area contributed by atoms with E-state index < -0.39 is 0 Å². The summed E-state index contributed by atoms with van der Waals surface area (Å²) in [5, 5.41) is 3.56. The third-order valence-corrected chi connectivity index (χ3v) is 3.90. The molecule has 116 valence electrons. The first-order valence-electron chi connectivity index (χ1n) is 6.45. The minimum absolute atomic E-state index is 0.283. The van der Waals surface area contributed by atoms with E-state index in [1.54, 1.807) is 31.4 Å². The summed E-state index contributed by atoms with van der Waals surface area (Å²) in [6.45, 7) is 1.87. The van der Waals surface area contributed by atoms with Crippen molar-refractivity contribution in [2.45, 2.75) is 6.92 Å². The Hall–Kier alpha value is -1.91. The molecule has 0 unspecified atom stereocenters. The number of halogens is 2. The number of amides is 1. The third kappa shape index (κ3) is 3.46. The SMILES string of the molecule is COc1cc(C)c(NC(=O)c2ccc(Cl)c(Cl)c2)cc1OC. The van der Waals surface area contributed by atoms with Crippen molar-refractivity contribution in [1.82, 2.24) is 0 Å². The van der Waals surface area contributed by atoms with Gasteiger partial charge in [0.2, 0.25) is 0 Å². The molecule has 1 amide bonds. The molecule has 6 heteroatoms. The van der Waals surface area contributed by atoms with E-state index in [2.05, 4.69) is 5.32 Å². The van der Waals surface area contributed by atoms with Crippen molar-refractivity contribution < 1.29 is 14.3 Å². The highest BCUT2D eigenvalue weighted by molar-refractivity contribution is 6.42. The van der Waals surface area contributed by atoms with Crippen molar-refractivity contribution in [3.05, 3.63) is 51.5 Å². The van der Waals surface area contributed by atoms with Crippen LogP contribution in [0.5, 0.6) is 11.5 Å². The van der Waals surface area contributed by atoms with Crippen LogP contribution in [0.25, 0.3) is 0 Å². The van der Waals surface area contributed by atoms with Crippen LogP contribution < -0.4 is 14.8 Å². The molecule has 2 aromatic rings. The maximum Gasteiger partial charge on any atom is 0.255 e. The summed E-state index contributed by atoms with van der Waals surface area (Å²) in [4.78, 5) is 12.3.